The number of nitriles is 1. The zero-order valence-corrected chi connectivity index (χ0v) is 9.24. The van der Waals surface area contributed by atoms with Crippen LogP contribution in [0.15, 0.2) is 18.3 Å². The second-order valence-electron chi connectivity index (χ2n) is 3.98. The average molecular weight is 205 g/mol. The maximum Gasteiger partial charge on any atom is 0.127 e. The van der Waals surface area contributed by atoms with Crippen molar-refractivity contribution < 1.29 is 4.74 Å². The Hall–Kier alpha value is -1.60. The summed E-state index contributed by atoms with van der Waals surface area (Å²) in [6.45, 7) is 4.60. The predicted octanol–water partition coefficient (Wildman–Crippen LogP) is 1.79. The molecule has 0 aliphatic heterocycles. The molecule has 0 aromatic carbocycles. The van der Waals surface area contributed by atoms with Gasteiger partial charge >= 0.3 is 0 Å². The maximum absolute atomic E-state index is 8.73. The summed E-state index contributed by atoms with van der Waals surface area (Å²) in [5.74, 6) is 0.691. The lowest BCUT2D eigenvalue weighted by Crippen LogP contribution is -2.36. The zero-order chi connectivity index (χ0) is 11.3. The number of anilines is 1. The minimum absolute atomic E-state index is 0.199. The Balaban J connectivity index is 2.76. The van der Waals surface area contributed by atoms with Crippen LogP contribution in [0.2, 0.25) is 0 Å². The van der Waals surface area contributed by atoms with Gasteiger partial charge in [0.25, 0.3) is 0 Å². The molecule has 15 heavy (non-hydrogen) atoms. The highest BCUT2D eigenvalue weighted by atomic mass is 16.5. The molecule has 0 spiro atoms. The van der Waals surface area contributed by atoms with Crippen molar-refractivity contribution in [3.05, 3.63) is 23.9 Å². The third kappa shape index (κ3) is 3.56. The number of pyridine rings is 1. The largest absolute Gasteiger partial charge is 0.382 e. The van der Waals surface area contributed by atoms with Crippen molar-refractivity contribution >= 4 is 5.82 Å². The third-order valence-electron chi connectivity index (χ3n) is 1.86. The molecule has 4 heteroatoms. The number of hydrogen-bond acceptors (Lipinski definition) is 4. The number of nitrogens with zero attached hydrogens (tertiary/aromatic N) is 2. The Labute approximate surface area is 89.9 Å². The molecule has 0 amide bonds. The van der Waals surface area contributed by atoms with Crippen LogP contribution in [0.1, 0.15) is 19.4 Å². The fraction of sp³-hybridized carbons (Fsp3) is 0.455. The van der Waals surface area contributed by atoms with E-state index in [1.165, 1.54) is 0 Å². The summed E-state index contributed by atoms with van der Waals surface area (Å²) in [6, 6.07) is 5.47. The van der Waals surface area contributed by atoms with Crippen molar-refractivity contribution in [2.75, 3.05) is 19.0 Å². The zero-order valence-electron chi connectivity index (χ0n) is 9.24. The maximum atomic E-state index is 8.73. The highest BCUT2D eigenvalue weighted by molar-refractivity contribution is 5.43. The highest BCUT2D eigenvalue weighted by Gasteiger charge is 2.17. The summed E-state index contributed by atoms with van der Waals surface area (Å²) in [4.78, 5) is 4.14. The van der Waals surface area contributed by atoms with Gasteiger partial charge in [-0.15, -0.1) is 0 Å². The molecule has 0 saturated carbocycles. The van der Waals surface area contributed by atoms with Crippen molar-refractivity contribution in [1.82, 2.24) is 4.98 Å². The van der Waals surface area contributed by atoms with Crippen LogP contribution in [0.25, 0.3) is 0 Å². The molecular formula is C11H15N3O. The molecule has 1 N–H and O–H groups in total. The van der Waals surface area contributed by atoms with Gasteiger partial charge in [-0.3, -0.25) is 0 Å². The third-order valence-corrected chi connectivity index (χ3v) is 1.86. The van der Waals surface area contributed by atoms with Gasteiger partial charge in [-0.1, -0.05) is 0 Å². The summed E-state index contributed by atoms with van der Waals surface area (Å²) in [5.41, 5.74) is 0.399. The van der Waals surface area contributed by atoms with E-state index in [1.807, 2.05) is 13.8 Å². The molecule has 0 radical (unpaired) electrons. The Morgan fingerprint density at radius 2 is 2.33 bits per heavy atom. The molecule has 0 aliphatic rings. The molecular weight excluding hydrogens is 190 g/mol. The standard InChI is InChI=1S/C11H15N3O/c1-11(2,8-15-3)14-10-6-9(7-12)4-5-13-10/h4-6H,8H2,1-3H3,(H,13,14). The van der Waals surface area contributed by atoms with Crippen molar-refractivity contribution in [3.8, 4) is 6.07 Å². The first kappa shape index (κ1) is 11.5. The number of nitrogens with one attached hydrogen (secondary N) is 1. The summed E-state index contributed by atoms with van der Waals surface area (Å²) in [7, 11) is 1.66. The summed E-state index contributed by atoms with van der Waals surface area (Å²) < 4.78 is 5.08. The number of hydrogen-bond donors (Lipinski definition) is 1. The summed E-state index contributed by atoms with van der Waals surface area (Å²) >= 11 is 0. The molecule has 0 unspecified atom stereocenters. The fourth-order valence-electron chi connectivity index (χ4n) is 1.31. The second kappa shape index (κ2) is 4.76. The molecule has 1 aromatic rings. The number of methoxy groups -OCH3 is 1. The molecule has 1 rings (SSSR count). The van der Waals surface area contributed by atoms with E-state index >= 15 is 0 Å². The Kier molecular flexibility index (Phi) is 3.64. The van der Waals surface area contributed by atoms with E-state index < -0.39 is 0 Å². The molecule has 80 valence electrons. The van der Waals surface area contributed by atoms with Gasteiger partial charge in [-0.2, -0.15) is 5.26 Å². The first-order valence-electron chi connectivity index (χ1n) is 4.71. The van der Waals surface area contributed by atoms with Gasteiger partial charge in [-0.05, 0) is 26.0 Å². The van der Waals surface area contributed by atoms with Crippen molar-refractivity contribution in [1.29, 1.82) is 5.26 Å². The van der Waals surface area contributed by atoms with Gasteiger partial charge in [0, 0.05) is 13.3 Å². The smallest absolute Gasteiger partial charge is 0.127 e. The Morgan fingerprint density at radius 3 is 2.93 bits per heavy atom. The monoisotopic (exact) mass is 205 g/mol. The minimum Gasteiger partial charge on any atom is -0.382 e. The molecule has 0 saturated heterocycles. The van der Waals surface area contributed by atoms with Crippen LogP contribution in [0.5, 0.6) is 0 Å². The van der Waals surface area contributed by atoms with E-state index in [4.69, 9.17) is 10.00 Å². The van der Waals surface area contributed by atoms with E-state index in [0.717, 1.165) is 0 Å². The first-order valence-corrected chi connectivity index (χ1v) is 4.71. The van der Waals surface area contributed by atoms with Crippen LogP contribution in [0.3, 0.4) is 0 Å². The summed E-state index contributed by atoms with van der Waals surface area (Å²) in [5, 5.41) is 11.9. The molecule has 0 fully saturated rings. The van der Waals surface area contributed by atoms with E-state index in [1.54, 1.807) is 25.4 Å². The molecule has 0 aliphatic carbocycles. The molecule has 1 heterocycles. The van der Waals surface area contributed by atoms with Crippen LogP contribution in [-0.2, 0) is 4.74 Å². The molecule has 4 nitrogen and oxygen atoms in total. The Bertz CT molecular complexity index is 368. The topological polar surface area (TPSA) is 57.9 Å². The molecule has 1 aromatic heterocycles. The Morgan fingerprint density at radius 1 is 1.60 bits per heavy atom. The molecule has 0 atom stereocenters. The van der Waals surface area contributed by atoms with Crippen LogP contribution in [0.4, 0.5) is 5.82 Å². The fourth-order valence-corrected chi connectivity index (χ4v) is 1.31. The quantitative estimate of drug-likeness (QED) is 0.814. The average Bonchev–Trinajstić information content (AvgIpc) is 2.17. The predicted molar refractivity (Wildman–Crippen MR) is 58.5 cm³/mol. The molecule has 0 bridgehead atoms. The van der Waals surface area contributed by atoms with Crippen molar-refractivity contribution in [2.24, 2.45) is 0 Å². The number of rotatable bonds is 4. The van der Waals surface area contributed by atoms with Gasteiger partial charge in [-0.25, -0.2) is 4.98 Å². The summed E-state index contributed by atoms with van der Waals surface area (Å²) in [6.07, 6.45) is 1.61. The minimum atomic E-state index is -0.199. The van der Waals surface area contributed by atoms with E-state index in [-0.39, 0.29) is 5.54 Å². The van der Waals surface area contributed by atoms with Gasteiger partial charge in [0.05, 0.1) is 23.8 Å². The normalized spacial score (nSPS) is 10.8. The number of aromatic nitrogens is 1. The van der Waals surface area contributed by atoms with E-state index in [2.05, 4.69) is 16.4 Å². The van der Waals surface area contributed by atoms with Gasteiger partial charge in [0.2, 0.25) is 0 Å². The lowest BCUT2D eigenvalue weighted by atomic mass is 10.1. The SMILES string of the molecule is COCC(C)(C)Nc1cc(C#N)ccn1. The van der Waals surface area contributed by atoms with Gasteiger partial charge in [0.15, 0.2) is 0 Å². The van der Waals surface area contributed by atoms with Crippen LogP contribution >= 0.6 is 0 Å². The lowest BCUT2D eigenvalue weighted by molar-refractivity contribution is 0.158. The van der Waals surface area contributed by atoms with Gasteiger partial charge < -0.3 is 10.1 Å². The van der Waals surface area contributed by atoms with Crippen molar-refractivity contribution in [3.63, 3.8) is 0 Å². The second-order valence-corrected chi connectivity index (χ2v) is 3.98. The lowest BCUT2D eigenvalue weighted by Gasteiger charge is -2.25. The highest BCUT2D eigenvalue weighted by Crippen LogP contribution is 2.13. The van der Waals surface area contributed by atoms with Crippen LogP contribution < -0.4 is 5.32 Å². The number of ether oxygens (including phenoxy) is 1. The van der Waals surface area contributed by atoms with Crippen LogP contribution in [0, 0.1) is 11.3 Å². The first-order chi connectivity index (χ1) is 7.07. The van der Waals surface area contributed by atoms with E-state index in [0.29, 0.717) is 18.0 Å². The van der Waals surface area contributed by atoms with E-state index in [9.17, 15) is 0 Å². The van der Waals surface area contributed by atoms with Crippen molar-refractivity contribution in [2.45, 2.75) is 19.4 Å². The van der Waals surface area contributed by atoms with Crippen LogP contribution in [-0.4, -0.2) is 24.2 Å². The van der Waals surface area contributed by atoms with Gasteiger partial charge in [0.1, 0.15) is 5.82 Å².